The molecule has 2 heterocycles. The van der Waals surface area contributed by atoms with E-state index in [1.165, 1.54) is 11.8 Å². The predicted molar refractivity (Wildman–Crippen MR) is 66.2 cm³/mol. The number of aromatic nitrogens is 4. The van der Waals surface area contributed by atoms with Crippen LogP contribution in [0.15, 0.2) is 22.1 Å². The molecule has 0 spiro atoms. The van der Waals surface area contributed by atoms with Gasteiger partial charge in [-0.1, -0.05) is 16.9 Å². The Balaban J connectivity index is 1.95. The second-order valence-corrected chi connectivity index (χ2v) is 5.10. The van der Waals surface area contributed by atoms with Crippen molar-refractivity contribution in [3.8, 4) is 0 Å². The fourth-order valence-corrected chi connectivity index (χ4v) is 2.03. The number of amides is 1. The normalized spacial score (nSPS) is 12.4. The summed E-state index contributed by atoms with van der Waals surface area (Å²) in [6, 6.07) is 1.66. The zero-order chi connectivity index (χ0) is 13.1. The van der Waals surface area contributed by atoms with Gasteiger partial charge in [0.1, 0.15) is 12.1 Å². The summed E-state index contributed by atoms with van der Waals surface area (Å²) < 4.78 is 6.63. The van der Waals surface area contributed by atoms with E-state index in [1.807, 2.05) is 7.05 Å². The van der Waals surface area contributed by atoms with Crippen LogP contribution < -0.4 is 5.32 Å². The van der Waals surface area contributed by atoms with Gasteiger partial charge < -0.3 is 14.4 Å². The molecule has 0 saturated carbocycles. The van der Waals surface area contributed by atoms with Crippen LogP contribution in [-0.2, 0) is 11.8 Å². The van der Waals surface area contributed by atoms with Gasteiger partial charge in [-0.25, -0.2) is 0 Å². The molecule has 0 aliphatic rings. The number of aryl methyl sites for hydroxylation is 2. The Morgan fingerprint density at radius 2 is 2.39 bits per heavy atom. The molecule has 0 aliphatic heterocycles. The summed E-state index contributed by atoms with van der Waals surface area (Å²) in [5, 5.41) is 14.4. The van der Waals surface area contributed by atoms with Crippen LogP contribution in [0.2, 0.25) is 0 Å². The Kier molecular flexibility index (Phi) is 3.66. The largest absolute Gasteiger partial charge is 0.360 e. The number of nitrogens with one attached hydrogen (secondary N) is 1. The Labute approximate surface area is 108 Å². The highest BCUT2D eigenvalue weighted by Gasteiger charge is 2.18. The first-order valence-electron chi connectivity index (χ1n) is 5.31. The van der Waals surface area contributed by atoms with E-state index in [0.29, 0.717) is 16.7 Å². The zero-order valence-corrected chi connectivity index (χ0v) is 11.1. The molecule has 1 amide bonds. The van der Waals surface area contributed by atoms with Gasteiger partial charge in [0.15, 0.2) is 11.0 Å². The average Bonchev–Trinajstić information content (AvgIpc) is 2.89. The minimum Gasteiger partial charge on any atom is -0.360 e. The van der Waals surface area contributed by atoms with Gasteiger partial charge in [0, 0.05) is 13.1 Å². The molecule has 18 heavy (non-hydrogen) atoms. The molecule has 2 aromatic heterocycles. The van der Waals surface area contributed by atoms with Gasteiger partial charge >= 0.3 is 0 Å². The molecule has 0 fully saturated rings. The summed E-state index contributed by atoms with van der Waals surface area (Å²) in [6.45, 7) is 3.56. The monoisotopic (exact) mass is 267 g/mol. The summed E-state index contributed by atoms with van der Waals surface area (Å²) in [4.78, 5) is 11.9. The van der Waals surface area contributed by atoms with E-state index in [2.05, 4.69) is 20.7 Å². The molecule has 0 aromatic carbocycles. The van der Waals surface area contributed by atoms with E-state index in [-0.39, 0.29) is 11.2 Å². The Morgan fingerprint density at radius 1 is 1.61 bits per heavy atom. The maximum absolute atomic E-state index is 11.9. The Morgan fingerprint density at radius 3 is 2.94 bits per heavy atom. The van der Waals surface area contributed by atoms with Gasteiger partial charge in [0.25, 0.3) is 0 Å². The van der Waals surface area contributed by atoms with Crippen molar-refractivity contribution in [2.24, 2.45) is 7.05 Å². The molecular weight excluding hydrogens is 254 g/mol. The minimum atomic E-state index is -0.301. The molecule has 1 atom stereocenters. The van der Waals surface area contributed by atoms with Gasteiger partial charge in [-0.15, -0.1) is 10.2 Å². The highest BCUT2D eigenvalue weighted by molar-refractivity contribution is 8.00. The third-order valence-electron chi connectivity index (χ3n) is 2.20. The maximum atomic E-state index is 11.9. The van der Waals surface area contributed by atoms with E-state index in [1.54, 1.807) is 30.8 Å². The van der Waals surface area contributed by atoms with Crippen molar-refractivity contribution < 1.29 is 9.32 Å². The lowest BCUT2D eigenvalue weighted by atomic mass is 10.4. The second-order valence-electron chi connectivity index (χ2n) is 3.80. The van der Waals surface area contributed by atoms with Gasteiger partial charge in [-0.3, -0.25) is 4.79 Å². The van der Waals surface area contributed by atoms with Crippen LogP contribution in [0.25, 0.3) is 0 Å². The zero-order valence-electron chi connectivity index (χ0n) is 10.2. The molecule has 96 valence electrons. The van der Waals surface area contributed by atoms with Crippen molar-refractivity contribution in [3.05, 3.63) is 18.2 Å². The summed E-state index contributed by atoms with van der Waals surface area (Å²) in [5.74, 6) is 0.915. The highest BCUT2D eigenvalue weighted by Crippen LogP contribution is 2.21. The van der Waals surface area contributed by atoms with Crippen LogP contribution in [0.4, 0.5) is 5.82 Å². The first kappa shape index (κ1) is 12.6. The van der Waals surface area contributed by atoms with Crippen LogP contribution in [0, 0.1) is 6.92 Å². The number of rotatable bonds is 4. The number of hydrogen-bond acceptors (Lipinski definition) is 6. The van der Waals surface area contributed by atoms with Crippen molar-refractivity contribution in [2.45, 2.75) is 24.3 Å². The van der Waals surface area contributed by atoms with E-state index in [4.69, 9.17) is 4.52 Å². The lowest BCUT2D eigenvalue weighted by Crippen LogP contribution is -2.22. The number of hydrogen-bond donors (Lipinski definition) is 1. The SMILES string of the molecule is Cc1cc(NC(=O)C(C)Sc2nncn2C)no1. The summed E-state index contributed by atoms with van der Waals surface area (Å²) in [6.07, 6.45) is 1.59. The van der Waals surface area contributed by atoms with Gasteiger partial charge in [-0.2, -0.15) is 0 Å². The van der Waals surface area contributed by atoms with E-state index in [9.17, 15) is 4.79 Å². The molecule has 0 radical (unpaired) electrons. The number of carbonyl (C=O) groups is 1. The summed E-state index contributed by atoms with van der Waals surface area (Å²) in [5.41, 5.74) is 0. The van der Waals surface area contributed by atoms with Crippen LogP contribution in [0.3, 0.4) is 0 Å². The molecule has 7 nitrogen and oxygen atoms in total. The molecule has 0 aliphatic carbocycles. The first-order valence-corrected chi connectivity index (χ1v) is 6.19. The molecule has 2 aromatic rings. The minimum absolute atomic E-state index is 0.156. The van der Waals surface area contributed by atoms with Crippen LogP contribution >= 0.6 is 11.8 Å². The van der Waals surface area contributed by atoms with E-state index < -0.39 is 0 Å². The van der Waals surface area contributed by atoms with Gasteiger partial charge in [-0.05, 0) is 13.8 Å². The molecule has 2 rings (SSSR count). The Hall–Kier alpha value is -1.83. The van der Waals surface area contributed by atoms with Gasteiger partial charge in [0.2, 0.25) is 5.91 Å². The van der Waals surface area contributed by atoms with Crippen LogP contribution in [0.1, 0.15) is 12.7 Å². The number of anilines is 1. The Bertz CT molecular complexity index is 550. The van der Waals surface area contributed by atoms with Crippen LogP contribution in [0.5, 0.6) is 0 Å². The number of carbonyl (C=O) groups excluding carboxylic acids is 1. The third-order valence-corrected chi connectivity index (χ3v) is 3.35. The lowest BCUT2D eigenvalue weighted by Gasteiger charge is -2.08. The van der Waals surface area contributed by atoms with E-state index >= 15 is 0 Å². The number of nitrogens with zero attached hydrogens (tertiary/aromatic N) is 4. The predicted octanol–water partition coefficient (Wildman–Crippen LogP) is 1.23. The molecule has 1 unspecified atom stereocenters. The molecule has 1 N–H and O–H groups in total. The maximum Gasteiger partial charge on any atom is 0.238 e. The smallest absolute Gasteiger partial charge is 0.238 e. The van der Waals surface area contributed by atoms with E-state index in [0.717, 1.165) is 0 Å². The van der Waals surface area contributed by atoms with Gasteiger partial charge in [0.05, 0.1) is 5.25 Å². The van der Waals surface area contributed by atoms with Crippen molar-refractivity contribution in [1.29, 1.82) is 0 Å². The molecule has 0 bridgehead atoms. The fraction of sp³-hybridized carbons (Fsp3) is 0.400. The van der Waals surface area contributed by atoms with Crippen molar-refractivity contribution in [1.82, 2.24) is 19.9 Å². The lowest BCUT2D eigenvalue weighted by molar-refractivity contribution is -0.115. The summed E-state index contributed by atoms with van der Waals surface area (Å²) >= 11 is 1.33. The first-order chi connectivity index (χ1) is 8.56. The average molecular weight is 267 g/mol. The van der Waals surface area contributed by atoms with Crippen molar-refractivity contribution in [3.63, 3.8) is 0 Å². The molecule has 8 heteroatoms. The standard InChI is InChI=1S/C10H13N5O2S/c1-6-4-8(14-17-6)12-9(16)7(2)18-10-13-11-5-15(10)3/h4-5,7H,1-3H3,(H,12,14,16). The molecular formula is C10H13N5O2S. The topological polar surface area (TPSA) is 85.8 Å². The third kappa shape index (κ3) is 2.89. The fourth-order valence-electron chi connectivity index (χ4n) is 1.24. The number of thioether (sulfide) groups is 1. The van der Waals surface area contributed by atoms with Crippen molar-refractivity contribution in [2.75, 3.05) is 5.32 Å². The quantitative estimate of drug-likeness (QED) is 0.838. The molecule has 0 saturated heterocycles. The summed E-state index contributed by atoms with van der Waals surface area (Å²) in [7, 11) is 1.83. The van der Waals surface area contributed by atoms with Crippen molar-refractivity contribution >= 4 is 23.5 Å². The second kappa shape index (κ2) is 5.21. The van der Waals surface area contributed by atoms with Crippen LogP contribution in [-0.4, -0.2) is 31.1 Å². The highest BCUT2D eigenvalue weighted by atomic mass is 32.2.